The van der Waals surface area contributed by atoms with E-state index < -0.39 is 0 Å². The van der Waals surface area contributed by atoms with Crippen LogP contribution in [0.4, 0.5) is 0 Å². The van der Waals surface area contributed by atoms with Gasteiger partial charge in [-0.1, -0.05) is 31.5 Å². The molecule has 0 saturated heterocycles. The lowest BCUT2D eigenvalue weighted by molar-refractivity contribution is 0.227. The Morgan fingerprint density at radius 2 is 2.00 bits per heavy atom. The number of hydrogen-bond donors (Lipinski definition) is 1. The fourth-order valence-electron chi connectivity index (χ4n) is 3.58. The lowest BCUT2D eigenvalue weighted by Gasteiger charge is -2.34. The van der Waals surface area contributed by atoms with E-state index in [1.165, 1.54) is 57.9 Å². The van der Waals surface area contributed by atoms with Crippen molar-refractivity contribution in [3.63, 3.8) is 0 Å². The van der Waals surface area contributed by atoms with Crippen LogP contribution in [0.2, 0.25) is 0 Å². The Labute approximate surface area is 117 Å². The average Bonchev–Trinajstić information content (AvgIpc) is 2.81. The molecule has 1 nitrogen and oxygen atoms in total. The quantitative estimate of drug-likeness (QED) is 0.815. The van der Waals surface area contributed by atoms with Gasteiger partial charge in [0.2, 0.25) is 0 Å². The van der Waals surface area contributed by atoms with Crippen LogP contribution in [0.3, 0.4) is 0 Å². The van der Waals surface area contributed by atoms with Crippen molar-refractivity contribution in [1.29, 1.82) is 0 Å². The molecule has 19 heavy (non-hydrogen) atoms. The van der Waals surface area contributed by atoms with Crippen LogP contribution in [0.25, 0.3) is 0 Å². The molecule has 1 atom stereocenters. The van der Waals surface area contributed by atoms with Crippen molar-refractivity contribution in [2.45, 2.75) is 64.3 Å². The highest BCUT2D eigenvalue weighted by Gasteiger charge is 2.27. The standard InChI is InChI=1S/C18H27N/c1-2-11-19-18(16-6-4-7-16)13-14-9-10-15-5-3-8-17(15)12-14/h9-10,12,16,18-19H,2-8,11,13H2,1H3. The molecule has 1 saturated carbocycles. The zero-order chi connectivity index (χ0) is 13.1. The highest BCUT2D eigenvalue weighted by molar-refractivity contribution is 5.35. The molecule has 104 valence electrons. The third kappa shape index (κ3) is 3.02. The largest absolute Gasteiger partial charge is 0.313 e. The van der Waals surface area contributed by atoms with E-state index in [1.807, 2.05) is 0 Å². The summed E-state index contributed by atoms with van der Waals surface area (Å²) in [6, 6.07) is 7.97. The first-order valence-electron chi connectivity index (χ1n) is 8.21. The summed E-state index contributed by atoms with van der Waals surface area (Å²) in [5.41, 5.74) is 4.78. The number of nitrogens with one attached hydrogen (secondary N) is 1. The van der Waals surface area contributed by atoms with Gasteiger partial charge in [-0.2, -0.15) is 0 Å². The topological polar surface area (TPSA) is 12.0 Å². The minimum Gasteiger partial charge on any atom is -0.313 e. The number of aryl methyl sites for hydroxylation is 2. The Kier molecular flexibility index (Phi) is 4.22. The summed E-state index contributed by atoms with van der Waals surface area (Å²) in [6.07, 6.45) is 10.8. The molecule has 1 heteroatoms. The molecular weight excluding hydrogens is 230 g/mol. The fraction of sp³-hybridized carbons (Fsp3) is 0.667. The minimum atomic E-state index is 0.716. The molecule has 1 fully saturated rings. The second-order valence-electron chi connectivity index (χ2n) is 6.41. The van der Waals surface area contributed by atoms with E-state index in [2.05, 4.69) is 30.4 Å². The second kappa shape index (κ2) is 6.09. The molecule has 0 heterocycles. The normalized spacial score (nSPS) is 20.1. The summed E-state index contributed by atoms with van der Waals surface area (Å²) in [7, 11) is 0. The highest BCUT2D eigenvalue weighted by Crippen LogP contribution is 2.32. The number of fused-ring (bicyclic) bond motifs is 1. The van der Waals surface area contributed by atoms with Gasteiger partial charge in [0.05, 0.1) is 0 Å². The van der Waals surface area contributed by atoms with Crippen LogP contribution in [0, 0.1) is 5.92 Å². The van der Waals surface area contributed by atoms with Crippen molar-refractivity contribution in [2.24, 2.45) is 5.92 Å². The van der Waals surface area contributed by atoms with E-state index in [-0.39, 0.29) is 0 Å². The summed E-state index contributed by atoms with van der Waals surface area (Å²) in [6.45, 7) is 3.44. The monoisotopic (exact) mass is 257 g/mol. The van der Waals surface area contributed by atoms with Gasteiger partial charge in [0.25, 0.3) is 0 Å². The zero-order valence-electron chi connectivity index (χ0n) is 12.3. The predicted octanol–water partition coefficient (Wildman–Crippen LogP) is 3.89. The lowest BCUT2D eigenvalue weighted by atomic mass is 9.77. The molecule has 1 unspecified atom stereocenters. The van der Waals surface area contributed by atoms with E-state index in [9.17, 15) is 0 Å². The molecule has 0 amide bonds. The number of benzene rings is 1. The molecule has 1 N–H and O–H groups in total. The summed E-state index contributed by atoms with van der Waals surface area (Å²) >= 11 is 0. The van der Waals surface area contributed by atoms with Gasteiger partial charge in [-0.25, -0.2) is 0 Å². The first-order valence-corrected chi connectivity index (χ1v) is 8.21. The molecule has 3 rings (SSSR count). The van der Waals surface area contributed by atoms with Crippen molar-refractivity contribution in [3.8, 4) is 0 Å². The third-order valence-electron chi connectivity index (χ3n) is 4.99. The Morgan fingerprint density at radius 1 is 1.16 bits per heavy atom. The zero-order valence-corrected chi connectivity index (χ0v) is 12.3. The second-order valence-corrected chi connectivity index (χ2v) is 6.41. The van der Waals surface area contributed by atoms with Crippen molar-refractivity contribution >= 4 is 0 Å². The smallest absolute Gasteiger partial charge is 0.0136 e. The molecule has 0 aliphatic heterocycles. The van der Waals surface area contributed by atoms with Crippen molar-refractivity contribution in [2.75, 3.05) is 6.54 Å². The van der Waals surface area contributed by atoms with Crippen LogP contribution in [0.15, 0.2) is 18.2 Å². The SMILES string of the molecule is CCCNC(Cc1ccc2c(c1)CCC2)C1CCC1. The first kappa shape index (κ1) is 13.2. The lowest BCUT2D eigenvalue weighted by Crippen LogP contribution is -2.41. The number of rotatable bonds is 6. The van der Waals surface area contributed by atoms with Gasteiger partial charge in [0, 0.05) is 6.04 Å². The van der Waals surface area contributed by atoms with Gasteiger partial charge in [-0.3, -0.25) is 0 Å². The van der Waals surface area contributed by atoms with Crippen molar-refractivity contribution in [1.82, 2.24) is 5.32 Å². The van der Waals surface area contributed by atoms with E-state index in [4.69, 9.17) is 0 Å². The van der Waals surface area contributed by atoms with Crippen molar-refractivity contribution in [3.05, 3.63) is 34.9 Å². The number of hydrogen-bond acceptors (Lipinski definition) is 1. The molecule has 1 aromatic carbocycles. The van der Waals surface area contributed by atoms with Gasteiger partial charge in [-0.05, 0) is 74.1 Å². The Morgan fingerprint density at radius 3 is 2.74 bits per heavy atom. The fourth-order valence-corrected chi connectivity index (χ4v) is 3.58. The maximum Gasteiger partial charge on any atom is 0.0136 e. The summed E-state index contributed by atoms with van der Waals surface area (Å²) in [5.74, 6) is 0.930. The molecule has 0 radical (unpaired) electrons. The molecule has 2 aliphatic rings. The van der Waals surface area contributed by atoms with E-state index in [0.29, 0.717) is 6.04 Å². The van der Waals surface area contributed by atoms with Crippen LogP contribution in [-0.4, -0.2) is 12.6 Å². The molecule has 0 spiro atoms. The Bertz CT molecular complexity index is 420. The Balaban J connectivity index is 1.66. The van der Waals surface area contributed by atoms with Crippen LogP contribution in [-0.2, 0) is 19.3 Å². The van der Waals surface area contributed by atoms with Gasteiger partial charge >= 0.3 is 0 Å². The van der Waals surface area contributed by atoms with E-state index in [1.54, 1.807) is 16.7 Å². The van der Waals surface area contributed by atoms with Crippen molar-refractivity contribution < 1.29 is 0 Å². The van der Waals surface area contributed by atoms with Crippen LogP contribution >= 0.6 is 0 Å². The summed E-state index contributed by atoms with van der Waals surface area (Å²) in [5, 5.41) is 3.79. The molecule has 0 bridgehead atoms. The van der Waals surface area contributed by atoms with Crippen LogP contribution in [0.5, 0.6) is 0 Å². The van der Waals surface area contributed by atoms with Crippen LogP contribution in [0.1, 0.15) is 55.7 Å². The molecular formula is C18H27N. The summed E-state index contributed by atoms with van der Waals surface area (Å²) in [4.78, 5) is 0. The average molecular weight is 257 g/mol. The van der Waals surface area contributed by atoms with Crippen LogP contribution < -0.4 is 5.32 Å². The van der Waals surface area contributed by atoms with Gasteiger partial charge in [0.1, 0.15) is 0 Å². The molecule has 2 aliphatic carbocycles. The predicted molar refractivity (Wildman–Crippen MR) is 81.6 cm³/mol. The first-order chi connectivity index (χ1) is 9.36. The molecule has 0 aromatic heterocycles. The van der Waals surface area contributed by atoms with E-state index in [0.717, 1.165) is 5.92 Å². The van der Waals surface area contributed by atoms with E-state index >= 15 is 0 Å². The van der Waals surface area contributed by atoms with Gasteiger partial charge in [-0.15, -0.1) is 0 Å². The maximum absolute atomic E-state index is 3.79. The molecule has 1 aromatic rings. The third-order valence-corrected chi connectivity index (χ3v) is 4.99. The minimum absolute atomic E-state index is 0.716. The van der Waals surface area contributed by atoms with Gasteiger partial charge in [0.15, 0.2) is 0 Å². The maximum atomic E-state index is 3.79. The van der Waals surface area contributed by atoms with Gasteiger partial charge < -0.3 is 5.32 Å². The Hall–Kier alpha value is -0.820. The summed E-state index contributed by atoms with van der Waals surface area (Å²) < 4.78 is 0. The highest BCUT2D eigenvalue weighted by atomic mass is 14.9.